The van der Waals surface area contributed by atoms with Crippen molar-refractivity contribution in [3.8, 4) is 6.07 Å². The minimum Gasteiger partial charge on any atom is -0.388 e. The monoisotopic (exact) mass is 344 g/mol. The largest absolute Gasteiger partial charge is 0.388 e. The van der Waals surface area contributed by atoms with Gasteiger partial charge in [0, 0.05) is 38.9 Å². The highest BCUT2D eigenvalue weighted by Crippen LogP contribution is 2.29. The highest BCUT2D eigenvalue weighted by molar-refractivity contribution is 5.85. The quantitative estimate of drug-likeness (QED) is 0.881. The third kappa shape index (κ3) is 4.95. The van der Waals surface area contributed by atoms with Gasteiger partial charge in [-0.15, -0.1) is 24.8 Å². The molecular weight excluding hydrogens is 319 g/mol. The van der Waals surface area contributed by atoms with E-state index in [-0.39, 0.29) is 24.8 Å². The second-order valence-corrected chi connectivity index (χ2v) is 5.72. The average Bonchev–Trinajstić information content (AvgIpc) is 2.47. The molecule has 2 rings (SSSR count). The molecule has 0 unspecified atom stereocenters. The Bertz CT molecular complexity index is 506. The second kappa shape index (κ2) is 9.78. The molecule has 0 bridgehead atoms. The lowest BCUT2D eigenvalue weighted by Gasteiger charge is -2.31. The standard InChI is InChI=1S/C16H24N4.2ClH/c1-12(2)8-13-10-16(20-6-4-19-5-7-20)14(11-17)9-15(13)18-3;;/h9-10,12,18-19H,4-8H2,1-3H3;2*1H. The van der Waals surface area contributed by atoms with Crippen molar-refractivity contribution >= 4 is 36.2 Å². The van der Waals surface area contributed by atoms with Gasteiger partial charge in [-0.1, -0.05) is 13.8 Å². The number of piperazine rings is 1. The summed E-state index contributed by atoms with van der Waals surface area (Å²) in [5.74, 6) is 0.603. The fourth-order valence-electron chi connectivity index (χ4n) is 2.73. The van der Waals surface area contributed by atoms with Gasteiger partial charge in [0.15, 0.2) is 0 Å². The predicted molar refractivity (Wildman–Crippen MR) is 98.8 cm³/mol. The smallest absolute Gasteiger partial charge is 0.101 e. The maximum Gasteiger partial charge on any atom is 0.101 e. The van der Waals surface area contributed by atoms with Crippen LogP contribution in [0.15, 0.2) is 12.1 Å². The molecule has 0 spiro atoms. The Morgan fingerprint density at radius 1 is 1.27 bits per heavy atom. The Kier molecular flexibility index (Phi) is 9.27. The molecule has 0 aromatic heterocycles. The third-order valence-electron chi connectivity index (χ3n) is 3.70. The molecule has 0 aliphatic carbocycles. The summed E-state index contributed by atoms with van der Waals surface area (Å²) in [4.78, 5) is 2.32. The number of nitriles is 1. The number of anilines is 2. The molecule has 6 heteroatoms. The maximum absolute atomic E-state index is 9.42. The van der Waals surface area contributed by atoms with E-state index in [0.717, 1.165) is 49.5 Å². The fourth-order valence-corrected chi connectivity index (χ4v) is 2.73. The van der Waals surface area contributed by atoms with E-state index in [2.05, 4.69) is 41.5 Å². The first-order valence-electron chi connectivity index (χ1n) is 7.36. The SMILES string of the molecule is CNc1cc(C#N)c(N2CCNCC2)cc1CC(C)C.Cl.Cl. The van der Waals surface area contributed by atoms with Gasteiger partial charge < -0.3 is 15.5 Å². The summed E-state index contributed by atoms with van der Waals surface area (Å²) in [6, 6.07) is 6.55. The van der Waals surface area contributed by atoms with Gasteiger partial charge in [-0.2, -0.15) is 5.26 Å². The Hall–Kier alpha value is -1.15. The number of nitrogens with zero attached hydrogens (tertiary/aromatic N) is 2. The molecule has 1 saturated heterocycles. The van der Waals surface area contributed by atoms with E-state index in [1.165, 1.54) is 5.56 Å². The van der Waals surface area contributed by atoms with E-state index in [9.17, 15) is 5.26 Å². The highest BCUT2D eigenvalue weighted by atomic mass is 35.5. The van der Waals surface area contributed by atoms with E-state index in [1.54, 1.807) is 0 Å². The molecule has 2 N–H and O–H groups in total. The number of hydrogen-bond donors (Lipinski definition) is 2. The molecule has 1 aromatic rings. The van der Waals surface area contributed by atoms with Crippen molar-refractivity contribution in [1.29, 1.82) is 5.26 Å². The van der Waals surface area contributed by atoms with Crippen LogP contribution in [0.1, 0.15) is 25.0 Å². The molecule has 1 fully saturated rings. The molecular formula is C16H26Cl2N4. The minimum atomic E-state index is 0. The van der Waals surface area contributed by atoms with Crippen LogP contribution >= 0.6 is 24.8 Å². The van der Waals surface area contributed by atoms with Crippen molar-refractivity contribution in [2.45, 2.75) is 20.3 Å². The van der Waals surface area contributed by atoms with Crippen LogP contribution in [0.2, 0.25) is 0 Å². The molecule has 124 valence electrons. The van der Waals surface area contributed by atoms with Crippen LogP contribution in [0.25, 0.3) is 0 Å². The Morgan fingerprint density at radius 2 is 1.91 bits per heavy atom. The van der Waals surface area contributed by atoms with Crippen molar-refractivity contribution in [3.63, 3.8) is 0 Å². The van der Waals surface area contributed by atoms with E-state index in [1.807, 2.05) is 13.1 Å². The van der Waals surface area contributed by atoms with Crippen LogP contribution in [0.3, 0.4) is 0 Å². The molecule has 0 radical (unpaired) electrons. The molecule has 0 saturated carbocycles. The van der Waals surface area contributed by atoms with Crippen LogP contribution in [-0.4, -0.2) is 33.2 Å². The second-order valence-electron chi connectivity index (χ2n) is 5.72. The van der Waals surface area contributed by atoms with Crippen LogP contribution < -0.4 is 15.5 Å². The lowest BCUT2D eigenvalue weighted by Crippen LogP contribution is -2.43. The highest BCUT2D eigenvalue weighted by Gasteiger charge is 2.17. The van der Waals surface area contributed by atoms with Gasteiger partial charge >= 0.3 is 0 Å². The van der Waals surface area contributed by atoms with Crippen molar-refractivity contribution in [3.05, 3.63) is 23.3 Å². The lowest BCUT2D eigenvalue weighted by molar-refractivity contribution is 0.588. The van der Waals surface area contributed by atoms with E-state index in [0.29, 0.717) is 5.92 Å². The van der Waals surface area contributed by atoms with Gasteiger partial charge in [-0.3, -0.25) is 0 Å². The average molecular weight is 345 g/mol. The number of hydrogen-bond acceptors (Lipinski definition) is 4. The molecule has 22 heavy (non-hydrogen) atoms. The summed E-state index contributed by atoms with van der Waals surface area (Å²) in [7, 11) is 1.92. The molecule has 1 aromatic carbocycles. The molecule has 1 heterocycles. The molecule has 1 aliphatic rings. The van der Waals surface area contributed by atoms with Crippen molar-refractivity contribution in [2.24, 2.45) is 5.92 Å². The molecule has 1 aliphatic heterocycles. The van der Waals surface area contributed by atoms with Crippen LogP contribution in [0.4, 0.5) is 11.4 Å². The lowest BCUT2D eigenvalue weighted by atomic mass is 9.98. The minimum absolute atomic E-state index is 0. The predicted octanol–water partition coefficient (Wildman–Crippen LogP) is 3.05. The summed E-state index contributed by atoms with van der Waals surface area (Å²) >= 11 is 0. The number of benzene rings is 1. The summed E-state index contributed by atoms with van der Waals surface area (Å²) in [6.07, 6.45) is 1.03. The van der Waals surface area contributed by atoms with Crippen molar-refractivity contribution in [2.75, 3.05) is 43.4 Å². The summed E-state index contributed by atoms with van der Waals surface area (Å²) in [5, 5.41) is 16.0. The third-order valence-corrected chi connectivity index (χ3v) is 3.70. The zero-order valence-corrected chi connectivity index (χ0v) is 15.1. The van der Waals surface area contributed by atoms with E-state index < -0.39 is 0 Å². The van der Waals surface area contributed by atoms with Crippen LogP contribution in [0, 0.1) is 17.2 Å². The zero-order valence-electron chi connectivity index (χ0n) is 13.5. The number of nitrogens with one attached hydrogen (secondary N) is 2. The summed E-state index contributed by atoms with van der Waals surface area (Å²) in [5.41, 5.74) is 4.23. The fraction of sp³-hybridized carbons (Fsp3) is 0.562. The Balaban J connectivity index is 0.00000220. The summed E-state index contributed by atoms with van der Waals surface area (Å²) < 4.78 is 0. The van der Waals surface area contributed by atoms with E-state index in [4.69, 9.17) is 0 Å². The van der Waals surface area contributed by atoms with Crippen LogP contribution in [0.5, 0.6) is 0 Å². The number of rotatable bonds is 4. The first-order chi connectivity index (χ1) is 9.65. The number of halogens is 2. The Labute approximate surface area is 146 Å². The first kappa shape index (κ1) is 20.9. The van der Waals surface area contributed by atoms with Gasteiger partial charge in [0.25, 0.3) is 0 Å². The van der Waals surface area contributed by atoms with E-state index >= 15 is 0 Å². The molecule has 0 atom stereocenters. The van der Waals surface area contributed by atoms with Crippen molar-refractivity contribution < 1.29 is 0 Å². The van der Waals surface area contributed by atoms with Gasteiger partial charge in [0.05, 0.1) is 11.3 Å². The molecule has 4 nitrogen and oxygen atoms in total. The van der Waals surface area contributed by atoms with Gasteiger partial charge in [0.2, 0.25) is 0 Å². The van der Waals surface area contributed by atoms with Crippen molar-refractivity contribution in [1.82, 2.24) is 5.32 Å². The maximum atomic E-state index is 9.42. The molecule has 0 amide bonds. The first-order valence-corrected chi connectivity index (χ1v) is 7.36. The van der Waals surface area contributed by atoms with Gasteiger partial charge in [0.1, 0.15) is 6.07 Å². The summed E-state index contributed by atoms with van der Waals surface area (Å²) in [6.45, 7) is 8.35. The van der Waals surface area contributed by atoms with Crippen LogP contribution in [-0.2, 0) is 6.42 Å². The Morgan fingerprint density at radius 3 is 2.41 bits per heavy atom. The zero-order chi connectivity index (χ0) is 14.5. The topological polar surface area (TPSA) is 51.1 Å². The van der Waals surface area contributed by atoms with Gasteiger partial charge in [-0.25, -0.2) is 0 Å². The van der Waals surface area contributed by atoms with Gasteiger partial charge in [-0.05, 0) is 30.0 Å². The normalized spacial score (nSPS) is 13.9.